The second-order valence-corrected chi connectivity index (χ2v) is 7.52. The molecular weight excluding hydrogens is 348 g/mol. The van der Waals surface area contributed by atoms with Crippen molar-refractivity contribution in [2.75, 3.05) is 0 Å². The van der Waals surface area contributed by atoms with Crippen LogP contribution in [-0.2, 0) is 29.0 Å². The lowest BCUT2D eigenvalue weighted by molar-refractivity contribution is -0.140. The molecule has 0 heterocycles. The molecule has 0 bridgehead atoms. The molecule has 0 aliphatic rings. The van der Waals surface area contributed by atoms with E-state index in [4.69, 9.17) is 0 Å². The van der Waals surface area contributed by atoms with Crippen molar-refractivity contribution >= 4 is 11.8 Å². The Hall–Kier alpha value is -2.62. The molecule has 2 amide bonds. The molecule has 0 saturated carbocycles. The molecule has 4 heteroatoms. The quantitative estimate of drug-likeness (QED) is 0.711. The maximum absolute atomic E-state index is 13.0. The summed E-state index contributed by atoms with van der Waals surface area (Å²) in [5, 5.41) is 2.92. The van der Waals surface area contributed by atoms with Gasteiger partial charge in [0.15, 0.2) is 0 Å². The molecule has 2 aromatic carbocycles. The smallest absolute Gasteiger partial charge is 0.242 e. The van der Waals surface area contributed by atoms with Gasteiger partial charge in [-0.25, -0.2) is 0 Å². The van der Waals surface area contributed by atoms with E-state index < -0.39 is 6.04 Å². The van der Waals surface area contributed by atoms with E-state index in [9.17, 15) is 9.59 Å². The first-order valence-corrected chi connectivity index (χ1v) is 10.1. The molecule has 150 valence electrons. The molecule has 2 rings (SSSR count). The SMILES string of the molecule is CCc1ccc(CCC(=O)N(Cc2ccccc2)[C@H](C)C(=O)NC(C)C)cc1. The lowest BCUT2D eigenvalue weighted by Crippen LogP contribution is -2.49. The summed E-state index contributed by atoms with van der Waals surface area (Å²) in [6, 6.07) is 17.7. The van der Waals surface area contributed by atoms with Crippen LogP contribution < -0.4 is 5.32 Å². The third kappa shape index (κ3) is 6.52. The van der Waals surface area contributed by atoms with Crippen LogP contribution in [0.1, 0.15) is 50.8 Å². The molecule has 0 radical (unpaired) electrons. The van der Waals surface area contributed by atoms with Crippen molar-refractivity contribution in [1.29, 1.82) is 0 Å². The molecule has 0 unspecified atom stereocenters. The average Bonchev–Trinajstić information content (AvgIpc) is 2.70. The zero-order valence-corrected chi connectivity index (χ0v) is 17.4. The molecule has 4 nitrogen and oxygen atoms in total. The highest BCUT2D eigenvalue weighted by Gasteiger charge is 2.26. The summed E-state index contributed by atoms with van der Waals surface area (Å²) in [7, 11) is 0. The maximum atomic E-state index is 13.0. The molecule has 0 saturated heterocycles. The molecule has 28 heavy (non-hydrogen) atoms. The number of nitrogens with one attached hydrogen (secondary N) is 1. The number of benzene rings is 2. The van der Waals surface area contributed by atoms with Gasteiger partial charge in [-0.2, -0.15) is 0 Å². The predicted molar refractivity (Wildman–Crippen MR) is 114 cm³/mol. The van der Waals surface area contributed by atoms with Gasteiger partial charge < -0.3 is 10.2 Å². The number of amides is 2. The highest BCUT2D eigenvalue weighted by atomic mass is 16.2. The first-order valence-electron chi connectivity index (χ1n) is 10.1. The van der Waals surface area contributed by atoms with Crippen LogP contribution in [0.2, 0.25) is 0 Å². The molecule has 1 N–H and O–H groups in total. The third-order valence-corrected chi connectivity index (χ3v) is 4.85. The lowest BCUT2D eigenvalue weighted by Gasteiger charge is -2.29. The summed E-state index contributed by atoms with van der Waals surface area (Å²) < 4.78 is 0. The Labute approximate surface area is 169 Å². The van der Waals surface area contributed by atoms with Crippen LogP contribution >= 0.6 is 0 Å². The van der Waals surface area contributed by atoms with E-state index in [2.05, 4.69) is 36.5 Å². The van der Waals surface area contributed by atoms with Gasteiger partial charge in [-0.3, -0.25) is 9.59 Å². The Morgan fingerprint density at radius 3 is 2.07 bits per heavy atom. The van der Waals surface area contributed by atoms with Crippen LogP contribution in [0.25, 0.3) is 0 Å². The van der Waals surface area contributed by atoms with Crippen LogP contribution in [0.5, 0.6) is 0 Å². The minimum absolute atomic E-state index is 0.00479. The van der Waals surface area contributed by atoms with Gasteiger partial charge in [-0.15, -0.1) is 0 Å². The van der Waals surface area contributed by atoms with Gasteiger partial charge in [0.05, 0.1) is 0 Å². The number of carbonyl (C=O) groups excluding carboxylic acids is 2. The summed E-state index contributed by atoms with van der Waals surface area (Å²) >= 11 is 0. The second kappa shape index (κ2) is 10.6. The van der Waals surface area contributed by atoms with E-state index in [1.807, 2.05) is 44.2 Å². The number of hydrogen-bond acceptors (Lipinski definition) is 2. The van der Waals surface area contributed by atoms with E-state index >= 15 is 0 Å². The zero-order valence-electron chi connectivity index (χ0n) is 17.4. The van der Waals surface area contributed by atoms with E-state index in [0.29, 0.717) is 19.4 Å². The third-order valence-electron chi connectivity index (χ3n) is 4.85. The number of aryl methyl sites for hydroxylation is 2. The first-order chi connectivity index (χ1) is 13.4. The standard InChI is InChI=1S/C24H32N2O2/c1-5-20-11-13-21(14-12-20)15-16-23(27)26(17-22-9-7-6-8-10-22)19(4)24(28)25-18(2)3/h6-14,18-19H,5,15-17H2,1-4H3,(H,25,28)/t19-/m1/s1. The summed E-state index contributed by atoms with van der Waals surface area (Å²) in [5.41, 5.74) is 3.46. The largest absolute Gasteiger partial charge is 0.352 e. The maximum Gasteiger partial charge on any atom is 0.242 e. The lowest BCUT2D eigenvalue weighted by atomic mass is 10.0. The van der Waals surface area contributed by atoms with Gasteiger partial charge in [-0.1, -0.05) is 61.5 Å². The highest BCUT2D eigenvalue weighted by Crippen LogP contribution is 2.14. The van der Waals surface area contributed by atoms with Crippen molar-refractivity contribution in [2.24, 2.45) is 0 Å². The Balaban J connectivity index is 2.09. The van der Waals surface area contributed by atoms with E-state index in [1.165, 1.54) is 5.56 Å². The molecular formula is C24H32N2O2. The van der Waals surface area contributed by atoms with Gasteiger partial charge in [-0.05, 0) is 50.3 Å². The summed E-state index contributed by atoms with van der Waals surface area (Å²) in [6.07, 6.45) is 2.07. The Bertz CT molecular complexity index is 754. The fourth-order valence-corrected chi connectivity index (χ4v) is 3.10. The Morgan fingerprint density at radius 1 is 0.893 bits per heavy atom. The van der Waals surface area contributed by atoms with Crippen LogP contribution in [-0.4, -0.2) is 28.8 Å². The van der Waals surface area contributed by atoms with Gasteiger partial charge in [0.1, 0.15) is 6.04 Å². The summed E-state index contributed by atoms with van der Waals surface area (Å²) in [5.74, 6) is -0.124. The van der Waals surface area contributed by atoms with E-state index in [0.717, 1.165) is 17.5 Å². The summed E-state index contributed by atoms with van der Waals surface area (Å²) in [4.78, 5) is 27.2. The molecule has 0 aliphatic heterocycles. The predicted octanol–water partition coefficient (Wildman–Crippen LogP) is 4.12. The van der Waals surface area contributed by atoms with Crippen molar-refractivity contribution in [3.63, 3.8) is 0 Å². The van der Waals surface area contributed by atoms with Crippen molar-refractivity contribution in [3.8, 4) is 0 Å². The number of rotatable bonds is 9. The number of carbonyl (C=O) groups is 2. The van der Waals surface area contributed by atoms with Crippen molar-refractivity contribution < 1.29 is 9.59 Å². The van der Waals surface area contributed by atoms with Crippen LogP contribution in [0.3, 0.4) is 0 Å². The topological polar surface area (TPSA) is 49.4 Å². The molecule has 0 aliphatic carbocycles. The zero-order chi connectivity index (χ0) is 20.5. The van der Waals surface area contributed by atoms with Crippen LogP contribution in [0.15, 0.2) is 54.6 Å². The van der Waals surface area contributed by atoms with E-state index in [-0.39, 0.29) is 17.9 Å². The number of hydrogen-bond donors (Lipinski definition) is 1. The summed E-state index contributed by atoms with van der Waals surface area (Å²) in [6.45, 7) is 8.21. The van der Waals surface area contributed by atoms with Crippen molar-refractivity contribution in [3.05, 3.63) is 71.3 Å². The molecule has 2 aromatic rings. The molecule has 0 aromatic heterocycles. The first kappa shape index (κ1) is 21.7. The van der Waals surface area contributed by atoms with Gasteiger partial charge >= 0.3 is 0 Å². The minimum atomic E-state index is -0.516. The molecule has 0 fully saturated rings. The normalized spacial score (nSPS) is 11.9. The molecule has 0 spiro atoms. The van der Waals surface area contributed by atoms with Crippen LogP contribution in [0, 0.1) is 0 Å². The average molecular weight is 381 g/mol. The Kier molecular flexibility index (Phi) is 8.24. The Morgan fingerprint density at radius 2 is 1.50 bits per heavy atom. The fraction of sp³-hybridized carbons (Fsp3) is 0.417. The van der Waals surface area contributed by atoms with Crippen LogP contribution in [0.4, 0.5) is 0 Å². The van der Waals surface area contributed by atoms with Gasteiger partial charge in [0.2, 0.25) is 11.8 Å². The monoisotopic (exact) mass is 380 g/mol. The van der Waals surface area contributed by atoms with Crippen molar-refractivity contribution in [1.82, 2.24) is 10.2 Å². The van der Waals surface area contributed by atoms with Crippen molar-refractivity contribution in [2.45, 2.75) is 65.6 Å². The fourth-order valence-electron chi connectivity index (χ4n) is 3.10. The van der Waals surface area contributed by atoms with E-state index in [1.54, 1.807) is 11.8 Å². The minimum Gasteiger partial charge on any atom is -0.352 e. The highest BCUT2D eigenvalue weighted by molar-refractivity contribution is 5.87. The molecule has 1 atom stereocenters. The van der Waals surface area contributed by atoms with Gasteiger partial charge in [0, 0.05) is 19.0 Å². The second-order valence-electron chi connectivity index (χ2n) is 7.52. The number of nitrogens with zero attached hydrogens (tertiary/aromatic N) is 1. The van der Waals surface area contributed by atoms with Gasteiger partial charge in [0.25, 0.3) is 0 Å².